The molecule has 3 aromatic carbocycles. The van der Waals surface area contributed by atoms with E-state index in [1.807, 2.05) is 0 Å². The lowest BCUT2D eigenvalue weighted by atomic mass is 10.1. The summed E-state index contributed by atoms with van der Waals surface area (Å²) >= 11 is 0. The predicted octanol–water partition coefficient (Wildman–Crippen LogP) is 4.22. The van der Waals surface area contributed by atoms with Gasteiger partial charge in [0.1, 0.15) is 28.0 Å². The summed E-state index contributed by atoms with van der Waals surface area (Å²) in [6, 6.07) is 15.7. The molecule has 0 saturated heterocycles. The van der Waals surface area contributed by atoms with Crippen molar-refractivity contribution >= 4 is 22.0 Å². The second-order valence-electron chi connectivity index (χ2n) is 6.33. The first-order chi connectivity index (χ1) is 14.4. The first kappa shape index (κ1) is 19.7. The third kappa shape index (κ3) is 3.77. The zero-order valence-electron chi connectivity index (χ0n) is 15.7. The topological polar surface area (TPSA) is 78.9 Å². The van der Waals surface area contributed by atoms with Crippen molar-refractivity contribution in [3.8, 4) is 17.2 Å². The van der Waals surface area contributed by atoms with Gasteiger partial charge in [-0.3, -0.25) is 4.79 Å². The zero-order chi connectivity index (χ0) is 21.3. The highest BCUT2D eigenvalue weighted by Crippen LogP contribution is 2.36. The maximum Gasteiger partial charge on any atom is 0.339 e. The van der Waals surface area contributed by atoms with E-state index in [2.05, 4.69) is 0 Å². The average molecular weight is 426 g/mol. The number of carbonyl (C=O) groups excluding carboxylic acids is 1. The molecule has 0 fully saturated rings. The van der Waals surface area contributed by atoms with E-state index in [0.29, 0.717) is 5.75 Å². The number of ether oxygens (including phenoxy) is 2. The number of halogens is 1. The van der Waals surface area contributed by atoms with Crippen LogP contribution in [0.15, 0.2) is 77.4 Å². The highest BCUT2D eigenvalue weighted by Gasteiger charge is 2.29. The number of ketones is 1. The number of methoxy groups -OCH3 is 1. The van der Waals surface area contributed by atoms with Crippen molar-refractivity contribution in [2.45, 2.75) is 4.90 Å². The van der Waals surface area contributed by atoms with Gasteiger partial charge >= 0.3 is 10.1 Å². The van der Waals surface area contributed by atoms with E-state index in [0.717, 1.165) is 0 Å². The highest BCUT2D eigenvalue weighted by molar-refractivity contribution is 7.87. The summed E-state index contributed by atoms with van der Waals surface area (Å²) in [5.41, 5.74) is 0.430. The lowest BCUT2D eigenvalue weighted by molar-refractivity contribution is 0.101. The summed E-state index contributed by atoms with van der Waals surface area (Å²) in [6.45, 7) is 0. The van der Waals surface area contributed by atoms with E-state index in [-0.39, 0.29) is 33.3 Å². The molecule has 0 unspecified atom stereocenters. The average Bonchev–Trinajstić information content (AvgIpc) is 3.04. The lowest BCUT2D eigenvalue weighted by Gasteiger charge is -2.08. The minimum absolute atomic E-state index is 0.0236. The van der Waals surface area contributed by atoms with Crippen molar-refractivity contribution in [3.63, 3.8) is 0 Å². The number of carbonyl (C=O) groups is 1. The van der Waals surface area contributed by atoms with Crippen LogP contribution in [0.25, 0.3) is 6.08 Å². The molecule has 0 N–H and O–H groups in total. The molecule has 3 aromatic rings. The normalized spacial score (nSPS) is 14.3. The van der Waals surface area contributed by atoms with Gasteiger partial charge in [-0.1, -0.05) is 18.2 Å². The van der Waals surface area contributed by atoms with Crippen molar-refractivity contribution in [2.75, 3.05) is 7.11 Å². The molecule has 1 heterocycles. The number of allylic oxidation sites excluding steroid dienone is 1. The molecule has 0 saturated carbocycles. The predicted molar refractivity (Wildman–Crippen MR) is 107 cm³/mol. The molecule has 0 atom stereocenters. The van der Waals surface area contributed by atoms with Crippen LogP contribution in [-0.2, 0) is 10.1 Å². The monoisotopic (exact) mass is 426 g/mol. The van der Waals surface area contributed by atoms with Crippen molar-refractivity contribution < 1.29 is 31.3 Å². The first-order valence-electron chi connectivity index (χ1n) is 8.79. The van der Waals surface area contributed by atoms with Gasteiger partial charge in [-0.2, -0.15) is 8.42 Å². The smallest absolute Gasteiger partial charge is 0.339 e. The van der Waals surface area contributed by atoms with Gasteiger partial charge < -0.3 is 13.7 Å². The molecule has 1 aliphatic rings. The van der Waals surface area contributed by atoms with Crippen molar-refractivity contribution in [3.05, 3.63) is 89.4 Å². The van der Waals surface area contributed by atoms with Gasteiger partial charge in [-0.05, 0) is 48.5 Å². The number of hydrogen-bond donors (Lipinski definition) is 0. The quantitative estimate of drug-likeness (QED) is 0.449. The van der Waals surface area contributed by atoms with Gasteiger partial charge in [0.15, 0.2) is 5.76 Å². The van der Waals surface area contributed by atoms with Crippen LogP contribution in [0.2, 0.25) is 0 Å². The van der Waals surface area contributed by atoms with Gasteiger partial charge in [-0.15, -0.1) is 0 Å². The number of hydrogen-bond acceptors (Lipinski definition) is 6. The minimum atomic E-state index is -4.10. The van der Waals surface area contributed by atoms with Crippen LogP contribution in [0.3, 0.4) is 0 Å². The van der Waals surface area contributed by atoms with E-state index in [1.165, 1.54) is 73.8 Å². The molecule has 0 radical (unpaired) electrons. The molecule has 1 aliphatic heterocycles. The third-order valence-electron chi connectivity index (χ3n) is 4.39. The van der Waals surface area contributed by atoms with Gasteiger partial charge in [0.05, 0.1) is 12.7 Å². The zero-order valence-corrected chi connectivity index (χ0v) is 16.5. The molecule has 4 rings (SSSR count). The Bertz CT molecular complexity index is 1260. The fourth-order valence-electron chi connectivity index (χ4n) is 2.87. The molecule has 30 heavy (non-hydrogen) atoms. The van der Waals surface area contributed by atoms with E-state index in [1.54, 1.807) is 6.07 Å². The largest absolute Gasteiger partial charge is 0.497 e. The Morgan fingerprint density at radius 3 is 2.37 bits per heavy atom. The van der Waals surface area contributed by atoms with Crippen molar-refractivity contribution in [1.29, 1.82) is 0 Å². The van der Waals surface area contributed by atoms with Gasteiger partial charge in [0, 0.05) is 11.6 Å². The lowest BCUT2D eigenvalue weighted by Crippen LogP contribution is -2.09. The maximum absolute atomic E-state index is 13.9. The van der Waals surface area contributed by atoms with Crippen molar-refractivity contribution in [2.24, 2.45) is 0 Å². The Morgan fingerprint density at radius 2 is 1.67 bits per heavy atom. The SMILES string of the molecule is COc1ccc(S(=O)(=O)Oc2ccc3c(c2)O/C(=C\c2ccccc2F)C3=O)cc1. The summed E-state index contributed by atoms with van der Waals surface area (Å²) in [7, 11) is -2.62. The van der Waals surface area contributed by atoms with Gasteiger partial charge in [0.25, 0.3) is 0 Å². The Balaban J connectivity index is 1.59. The van der Waals surface area contributed by atoms with E-state index >= 15 is 0 Å². The molecule has 0 spiro atoms. The summed E-state index contributed by atoms with van der Waals surface area (Å²) in [6.07, 6.45) is 1.30. The first-order valence-corrected chi connectivity index (χ1v) is 10.2. The molecular formula is C22H15FO6S. The fourth-order valence-corrected chi connectivity index (χ4v) is 3.79. The van der Waals surface area contributed by atoms with E-state index in [9.17, 15) is 17.6 Å². The molecule has 152 valence electrons. The van der Waals surface area contributed by atoms with Crippen LogP contribution in [0.4, 0.5) is 4.39 Å². The highest BCUT2D eigenvalue weighted by atomic mass is 32.2. The number of benzene rings is 3. The standard InChI is InChI=1S/C22H15FO6S/c1-27-15-6-9-17(10-7-15)30(25,26)29-16-8-11-18-20(13-16)28-21(22(18)24)12-14-4-2-3-5-19(14)23/h2-13H,1H3/b21-12-. The summed E-state index contributed by atoms with van der Waals surface area (Å²) in [5, 5.41) is 0. The molecular weight excluding hydrogens is 411 g/mol. The molecule has 8 heteroatoms. The second kappa shape index (κ2) is 7.64. The number of rotatable bonds is 5. The maximum atomic E-state index is 13.9. The van der Waals surface area contributed by atoms with Crippen LogP contribution in [0, 0.1) is 5.82 Å². The Morgan fingerprint density at radius 1 is 0.967 bits per heavy atom. The Labute approximate surface area is 172 Å². The Hall–Kier alpha value is -3.65. The third-order valence-corrected chi connectivity index (χ3v) is 5.65. The number of Topliss-reactive ketones (excluding diaryl/α,β-unsaturated/α-hetero) is 1. The van der Waals surface area contributed by atoms with Gasteiger partial charge in [0.2, 0.25) is 5.78 Å². The van der Waals surface area contributed by atoms with Crippen molar-refractivity contribution in [1.82, 2.24) is 0 Å². The summed E-state index contributed by atoms with van der Waals surface area (Å²) in [4.78, 5) is 12.4. The molecule has 6 nitrogen and oxygen atoms in total. The molecule has 0 bridgehead atoms. The fraction of sp³-hybridized carbons (Fsp3) is 0.0455. The van der Waals surface area contributed by atoms with Crippen LogP contribution in [0.1, 0.15) is 15.9 Å². The van der Waals surface area contributed by atoms with Crippen LogP contribution < -0.4 is 13.7 Å². The van der Waals surface area contributed by atoms with E-state index < -0.39 is 21.7 Å². The van der Waals surface area contributed by atoms with Crippen LogP contribution in [0.5, 0.6) is 17.2 Å². The molecule has 0 aliphatic carbocycles. The summed E-state index contributed by atoms with van der Waals surface area (Å²) < 4.78 is 54.5. The van der Waals surface area contributed by atoms with Gasteiger partial charge in [-0.25, -0.2) is 4.39 Å². The second-order valence-corrected chi connectivity index (χ2v) is 7.88. The molecule has 0 aromatic heterocycles. The minimum Gasteiger partial charge on any atom is -0.497 e. The molecule has 0 amide bonds. The summed E-state index contributed by atoms with van der Waals surface area (Å²) in [5.74, 6) is -0.378. The number of fused-ring (bicyclic) bond motifs is 1. The van der Waals surface area contributed by atoms with E-state index in [4.69, 9.17) is 13.7 Å². The van der Waals surface area contributed by atoms with Crippen LogP contribution in [-0.4, -0.2) is 21.3 Å². The van der Waals surface area contributed by atoms with Crippen LogP contribution >= 0.6 is 0 Å². The Kier molecular flexibility index (Phi) is 5.01.